The first kappa shape index (κ1) is 14.0. The van der Waals surface area contributed by atoms with Crippen molar-refractivity contribution in [3.05, 3.63) is 40.8 Å². The van der Waals surface area contributed by atoms with Crippen LogP contribution in [0.5, 0.6) is 0 Å². The highest BCUT2D eigenvalue weighted by molar-refractivity contribution is 5.92. The summed E-state index contributed by atoms with van der Waals surface area (Å²) in [6, 6.07) is 5.06. The van der Waals surface area contributed by atoms with Gasteiger partial charge in [-0.1, -0.05) is 6.07 Å². The lowest BCUT2D eigenvalue weighted by atomic mass is 10.1. The molecule has 0 aliphatic carbocycles. The van der Waals surface area contributed by atoms with E-state index in [0.717, 1.165) is 23.4 Å². The predicted molar refractivity (Wildman–Crippen MR) is 77.4 cm³/mol. The smallest absolute Gasteiger partial charge is 0.272 e. The topological polar surface area (TPSA) is 87.9 Å². The normalized spacial score (nSPS) is 10.6. The van der Waals surface area contributed by atoms with Gasteiger partial charge in [-0.2, -0.15) is 5.10 Å². The third-order valence-electron chi connectivity index (χ3n) is 3.31. The molecule has 0 aliphatic rings. The van der Waals surface area contributed by atoms with Gasteiger partial charge in [0.05, 0.1) is 5.69 Å². The summed E-state index contributed by atoms with van der Waals surface area (Å²) < 4.78 is 0. The Kier molecular flexibility index (Phi) is 4.02. The van der Waals surface area contributed by atoms with Gasteiger partial charge < -0.3 is 10.6 Å². The molecule has 2 aromatic heterocycles. The first-order chi connectivity index (χ1) is 9.49. The number of amides is 1. The number of nitrogens with one attached hydrogen (secondary N) is 1. The highest BCUT2D eigenvalue weighted by atomic mass is 16.2. The van der Waals surface area contributed by atoms with Crippen LogP contribution < -0.4 is 5.73 Å². The number of aromatic amines is 1. The summed E-state index contributed by atoms with van der Waals surface area (Å²) in [6.45, 7) is 4.55. The van der Waals surface area contributed by atoms with E-state index in [1.165, 1.54) is 0 Å². The van der Waals surface area contributed by atoms with E-state index in [4.69, 9.17) is 5.73 Å². The number of aromatic nitrogens is 3. The number of nitrogens with two attached hydrogens (primary N) is 1. The molecule has 0 atom stereocenters. The Labute approximate surface area is 118 Å². The number of likely N-dealkylation sites (N-methyl/N-ethyl adjacent to an activating group) is 1. The molecule has 2 aromatic rings. The average molecular weight is 273 g/mol. The molecular formula is C14H19N5O. The number of nitrogens with zero attached hydrogens (tertiary/aromatic N) is 3. The van der Waals surface area contributed by atoms with Crippen LogP contribution in [0.2, 0.25) is 0 Å². The van der Waals surface area contributed by atoms with Crippen molar-refractivity contribution in [3.8, 4) is 0 Å². The summed E-state index contributed by atoms with van der Waals surface area (Å²) in [7, 11) is 1.76. The summed E-state index contributed by atoms with van der Waals surface area (Å²) in [5.41, 5.74) is 9.14. The van der Waals surface area contributed by atoms with Gasteiger partial charge in [0, 0.05) is 19.3 Å². The van der Waals surface area contributed by atoms with Gasteiger partial charge in [0.1, 0.15) is 11.5 Å². The van der Waals surface area contributed by atoms with Gasteiger partial charge in [-0.25, -0.2) is 4.98 Å². The van der Waals surface area contributed by atoms with E-state index in [0.29, 0.717) is 18.1 Å². The minimum Gasteiger partial charge on any atom is -0.384 e. The van der Waals surface area contributed by atoms with Gasteiger partial charge in [0.2, 0.25) is 0 Å². The predicted octanol–water partition coefficient (Wildman–Crippen LogP) is 1.32. The summed E-state index contributed by atoms with van der Waals surface area (Å²) in [5.74, 6) is 0.224. The molecule has 0 unspecified atom stereocenters. The van der Waals surface area contributed by atoms with Crippen molar-refractivity contribution >= 4 is 11.7 Å². The third-order valence-corrected chi connectivity index (χ3v) is 3.31. The number of carbonyl (C=O) groups excluding carboxylic acids is 1. The highest BCUT2D eigenvalue weighted by Gasteiger charge is 2.14. The van der Waals surface area contributed by atoms with E-state index in [1.807, 2.05) is 13.8 Å². The molecule has 0 saturated carbocycles. The number of anilines is 1. The molecule has 20 heavy (non-hydrogen) atoms. The van der Waals surface area contributed by atoms with E-state index in [1.54, 1.807) is 30.1 Å². The van der Waals surface area contributed by atoms with Crippen molar-refractivity contribution in [3.63, 3.8) is 0 Å². The molecule has 0 aliphatic heterocycles. The van der Waals surface area contributed by atoms with Crippen LogP contribution in [0.15, 0.2) is 18.2 Å². The molecule has 2 rings (SSSR count). The summed E-state index contributed by atoms with van der Waals surface area (Å²) in [4.78, 5) is 17.9. The Balaban J connectivity index is 2.02. The van der Waals surface area contributed by atoms with Crippen LogP contribution in [0.25, 0.3) is 0 Å². The molecule has 6 nitrogen and oxygen atoms in total. The average Bonchev–Trinajstić information content (AvgIpc) is 2.74. The highest BCUT2D eigenvalue weighted by Crippen LogP contribution is 2.11. The van der Waals surface area contributed by atoms with Gasteiger partial charge in [-0.05, 0) is 38.0 Å². The number of aryl methyl sites for hydroxylation is 2. The number of carbonyl (C=O) groups is 1. The molecule has 0 saturated heterocycles. The summed E-state index contributed by atoms with van der Waals surface area (Å²) >= 11 is 0. The van der Waals surface area contributed by atoms with E-state index in [9.17, 15) is 4.79 Å². The first-order valence-corrected chi connectivity index (χ1v) is 6.47. The number of pyridine rings is 1. The maximum atomic E-state index is 12.2. The third kappa shape index (κ3) is 2.96. The van der Waals surface area contributed by atoms with Crippen LogP contribution in [-0.2, 0) is 6.42 Å². The van der Waals surface area contributed by atoms with Gasteiger partial charge in [0.25, 0.3) is 5.91 Å². The number of rotatable bonds is 4. The van der Waals surface area contributed by atoms with Gasteiger partial charge in [0.15, 0.2) is 0 Å². The standard InChI is InChI=1S/C14H19N5O/c1-9-11(10(2)18-17-9)7-8-19(3)14(20)12-5-4-6-13(15)16-12/h4-6H,7-8H2,1-3H3,(H2,15,16)(H,17,18). The van der Waals surface area contributed by atoms with E-state index in [-0.39, 0.29) is 5.91 Å². The van der Waals surface area contributed by atoms with Crippen molar-refractivity contribution in [1.82, 2.24) is 20.1 Å². The Morgan fingerprint density at radius 1 is 1.40 bits per heavy atom. The first-order valence-electron chi connectivity index (χ1n) is 6.47. The van der Waals surface area contributed by atoms with Crippen molar-refractivity contribution in [1.29, 1.82) is 0 Å². The minimum absolute atomic E-state index is 0.129. The lowest BCUT2D eigenvalue weighted by molar-refractivity contribution is 0.0791. The second-order valence-electron chi connectivity index (χ2n) is 4.84. The van der Waals surface area contributed by atoms with Gasteiger partial charge >= 0.3 is 0 Å². The molecule has 0 bridgehead atoms. The zero-order chi connectivity index (χ0) is 14.7. The summed E-state index contributed by atoms with van der Waals surface area (Å²) in [6.07, 6.45) is 0.763. The van der Waals surface area contributed by atoms with Gasteiger partial charge in [-0.15, -0.1) is 0 Å². The lowest BCUT2D eigenvalue weighted by Gasteiger charge is -2.16. The molecule has 106 valence electrons. The SMILES string of the molecule is Cc1n[nH]c(C)c1CCN(C)C(=O)c1cccc(N)n1. The van der Waals surface area contributed by atoms with Crippen molar-refractivity contribution in [2.24, 2.45) is 0 Å². The monoisotopic (exact) mass is 273 g/mol. The Hall–Kier alpha value is -2.37. The Bertz CT molecular complexity index is 600. The molecule has 2 heterocycles. The zero-order valence-corrected chi connectivity index (χ0v) is 12.0. The minimum atomic E-state index is -0.129. The van der Waals surface area contributed by atoms with Crippen molar-refractivity contribution < 1.29 is 4.79 Å². The van der Waals surface area contributed by atoms with Crippen molar-refractivity contribution in [2.75, 3.05) is 19.3 Å². The Morgan fingerprint density at radius 2 is 2.15 bits per heavy atom. The molecule has 0 fully saturated rings. The van der Waals surface area contributed by atoms with Crippen LogP contribution in [0.4, 0.5) is 5.82 Å². The second kappa shape index (κ2) is 5.73. The van der Waals surface area contributed by atoms with Crippen LogP contribution in [-0.4, -0.2) is 39.6 Å². The molecule has 0 radical (unpaired) electrons. The number of hydrogen-bond acceptors (Lipinski definition) is 4. The molecule has 6 heteroatoms. The van der Waals surface area contributed by atoms with E-state index < -0.39 is 0 Å². The quantitative estimate of drug-likeness (QED) is 0.879. The molecule has 0 spiro atoms. The number of H-pyrrole nitrogens is 1. The van der Waals surface area contributed by atoms with Crippen LogP contribution in [0.1, 0.15) is 27.4 Å². The largest absolute Gasteiger partial charge is 0.384 e. The van der Waals surface area contributed by atoms with Crippen LogP contribution in [0, 0.1) is 13.8 Å². The maximum Gasteiger partial charge on any atom is 0.272 e. The zero-order valence-electron chi connectivity index (χ0n) is 12.0. The number of nitrogen functional groups attached to an aromatic ring is 1. The molecule has 3 N–H and O–H groups in total. The fourth-order valence-corrected chi connectivity index (χ4v) is 2.09. The van der Waals surface area contributed by atoms with Crippen LogP contribution >= 0.6 is 0 Å². The molecule has 0 aromatic carbocycles. The van der Waals surface area contributed by atoms with E-state index >= 15 is 0 Å². The molecular weight excluding hydrogens is 254 g/mol. The van der Waals surface area contributed by atoms with Crippen molar-refractivity contribution in [2.45, 2.75) is 20.3 Å². The van der Waals surface area contributed by atoms with E-state index in [2.05, 4.69) is 15.2 Å². The fourth-order valence-electron chi connectivity index (χ4n) is 2.09. The Morgan fingerprint density at radius 3 is 2.75 bits per heavy atom. The number of hydrogen-bond donors (Lipinski definition) is 2. The van der Waals surface area contributed by atoms with Gasteiger partial charge in [-0.3, -0.25) is 9.89 Å². The lowest BCUT2D eigenvalue weighted by Crippen LogP contribution is -2.29. The maximum absolute atomic E-state index is 12.2. The molecule has 1 amide bonds. The second-order valence-corrected chi connectivity index (χ2v) is 4.84. The fraction of sp³-hybridized carbons (Fsp3) is 0.357. The summed E-state index contributed by atoms with van der Waals surface area (Å²) in [5, 5.41) is 7.10. The van der Waals surface area contributed by atoms with Crippen LogP contribution in [0.3, 0.4) is 0 Å².